The second kappa shape index (κ2) is 4.50. The van der Waals surface area contributed by atoms with Gasteiger partial charge < -0.3 is 5.11 Å². The monoisotopic (exact) mass is 205 g/mol. The van der Waals surface area contributed by atoms with Gasteiger partial charge in [-0.05, 0) is 19.1 Å². The maximum Gasteiger partial charge on any atom is 0.337 e. The number of hydrogen-bond donors (Lipinski definition) is 1. The fourth-order valence-electron chi connectivity index (χ4n) is 1.01. The lowest BCUT2D eigenvalue weighted by atomic mass is 10.2. The molecule has 0 aromatic heterocycles. The van der Waals surface area contributed by atoms with Gasteiger partial charge in [0.15, 0.2) is 5.78 Å². The zero-order chi connectivity index (χ0) is 11.4. The van der Waals surface area contributed by atoms with E-state index in [9.17, 15) is 9.59 Å². The van der Waals surface area contributed by atoms with E-state index in [0.717, 1.165) is 0 Å². The first-order valence-electron chi connectivity index (χ1n) is 4.41. The summed E-state index contributed by atoms with van der Waals surface area (Å²) >= 11 is 0. The Hall–Kier alpha value is -1.97. The maximum atomic E-state index is 11.0. The highest BCUT2D eigenvalue weighted by Crippen LogP contribution is 2.18. The molecule has 0 spiro atoms. The zero-order valence-electron chi connectivity index (χ0n) is 8.52. The number of para-hydroxylation sites is 1. The lowest BCUT2D eigenvalue weighted by molar-refractivity contribution is -0.111. The van der Waals surface area contributed by atoms with Gasteiger partial charge in [0.1, 0.15) is 0 Å². The van der Waals surface area contributed by atoms with Crippen molar-refractivity contribution in [2.45, 2.75) is 13.8 Å². The van der Waals surface area contributed by atoms with E-state index in [4.69, 9.17) is 5.11 Å². The summed E-state index contributed by atoms with van der Waals surface area (Å²) in [6.07, 6.45) is 0. The number of carbonyl (C=O) groups is 2. The Morgan fingerprint density at radius 1 is 1.20 bits per heavy atom. The minimum absolute atomic E-state index is 0.0955. The predicted molar refractivity (Wildman–Crippen MR) is 56.9 cm³/mol. The Morgan fingerprint density at radius 3 is 2.33 bits per heavy atom. The molecule has 0 amide bonds. The van der Waals surface area contributed by atoms with Crippen LogP contribution in [0, 0.1) is 0 Å². The summed E-state index contributed by atoms with van der Waals surface area (Å²) in [7, 11) is 0. The third-order valence-electron chi connectivity index (χ3n) is 1.93. The second-order valence-corrected chi connectivity index (χ2v) is 3.08. The van der Waals surface area contributed by atoms with Crippen molar-refractivity contribution in [3.63, 3.8) is 0 Å². The van der Waals surface area contributed by atoms with Gasteiger partial charge in [0.25, 0.3) is 0 Å². The molecule has 4 nitrogen and oxygen atoms in total. The normalized spacial score (nSPS) is 11.2. The minimum atomic E-state index is -1.05. The molecule has 0 atom stereocenters. The van der Waals surface area contributed by atoms with Crippen LogP contribution in [0.4, 0.5) is 5.69 Å². The molecule has 0 heterocycles. The largest absolute Gasteiger partial charge is 0.478 e. The van der Waals surface area contributed by atoms with Crippen molar-refractivity contribution in [2.24, 2.45) is 4.99 Å². The fraction of sp³-hybridized carbons (Fsp3) is 0.182. The van der Waals surface area contributed by atoms with E-state index in [1.807, 2.05) is 0 Å². The first kappa shape index (κ1) is 11.1. The molecule has 78 valence electrons. The van der Waals surface area contributed by atoms with Crippen molar-refractivity contribution >= 4 is 23.2 Å². The Labute approximate surface area is 87.3 Å². The first-order chi connectivity index (χ1) is 7.02. The van der Waals surface area contributed by atoms with Gasteiger partial charge in [0.2, 0.25) is 0 Å². The van der Waals surface area contributed by atoms with Crippen LogP contribution < -0.4 is 0 Å². The molecule has 0 unspecified atom stereocenters. The quantitative estimate of drug-likeness (QED) is 0.768. The van der Waals surface area contributed by atoms with Crippen molar-refractivity contribution < 1.29 is 14.7 Å². The average Bonchev–Trinajstić information content (AvgIpc) is 2.18. The average molecular weight is 205 g/mol. The molecule has 1 rings (SSSR count). The number of nitrogens with zero attached hydrogens (tertiary/aromatic N) is 1. The van der Waals surface area contributed by atoms with Gasteiger partial charge in [-0.25, -0.2) is 9.79 Å². The van der Waals surface area contributed by atoms with Crippen LogP contribution in [0.15, 0.2) is 29.3 Å². The van der Waals surface area contributed by atoms with Gasteiger partial charge in [-0.3, -0.25) is 4.79 Å². The molecule has 4 heteroatoms. The number of hydrogen-bond acceptors (Lipinski definition) is 3. The van der Waals surface area contributed by atoms with Crippen LogP contribution in [0.3, 0.4) is 0 Å². The molecule has 15 heavy (non-hydrogen) atoms. The zero-order valence-corrected chi connectivity index (χ0v) is 8.52. The van der Waals surface area contributed by atoms with E-state index < -0.39 is 5.97 Å². The molecule has 1 aromatic carbocycles. The minimum Gasteiger partial charge on any atom is -0.478 e. The molecule has 0 fully saturated rings. The van der Waals surface area contributed by atoms with E-state index in [0.29, 0.717) is 11.4 Å². The lowest BCUT2D eigenvalue weighted by Gasteiger charge is -2.00. The highest BCUT2D eigenvalue weighted by Gasteiger charge is 2.08. The van der Waals surface area contributed by atoms with E-state index >= 15 is 0 Å². The fourth-order valence-corrected chi connectivity index (χ4v) is 1.01. The molecule has 1 N–H and O–H groups in total. The van der Waals surface area contributed by atoms with Gasteiger partial charge in [0, 0.05) is 6.92 Å². The Balaban J connectivity index is 3.20. The van der Waals surface area contributed by atoms with Gasteiger partial charge in [-0.15, -0.1) is 0 Å². The Bertz CT molecular complexity index is 435. The summed E-state index contributed by atoms with van der Waals surface area (Å²) in [4.78, 5) is 25.7. The third-order valence-corrected chi connectivity index (χ3v) is 1.93. The van der Waals surface area contributed by atoms with E-state index in [1.54, 1.807) is 25.1 Å². The predicted octanol–water partition coefficient (Wildman–Crippen LogP) is 2.07. The number of benzene rings is 1. The molecule has 0 saturated carbocycles. The SMILES string of the molecule is CC(=O)C(C)=Nc1ccccc1C(=O)O. The molecule has 1 aromatic rings. The van der Waals surface area contributed by atoms with Crippen LogP contribution in [0.1, 0.15) is 24.2 Å². The van der Waals surface area contributed by atoms with Crippen molar-refractivity contribution in [2.75, 3.05) is 0 Å². The number of carboxylic acid groups (broad SMARTS) is 1. The molecule has 0 aliphatic heterocycles. The number of rotatable bonds is 3. The number of aliphatic imine (C=N–C) groups is 1. The van der Waals surface area contributed by atoms with Crippen LogP contribution in [0.2, 0.25) is 0 Å². The number of carbonyl (C=O) groups excluding carboxylic acids is 1. The summed E-state index contributed by atoms with van der Waals surface area (Å²) in [5, 5.41) is 8.86. The van der Waals surface area contributed by atoms with Gasteiger partial charge in [-0.1, -0.05) is 12.1 Å². The molecule has 0 saturated heterocycles. The van der Waals surface area contributed by atoms with Crippen LogP contribution in [-0.2, 0) is 4.79 Å². The van der Waals surface area contributed by atoms with E-state index in [1.165, 1.54) is 13.0 Å². The van der Waals surface area contributed by atoms with Gasteiger partial charge >= 0.3 is 5.97 Å². The molecular formula is C11H11NO3. The van der Waals surface area contributed by atoms with Crippen molar-refractivity contribution in [1.82, 2.24) is 0 Å². The molecule has 0 bridgehead atoms. The van der Waals surface area contributed by atoms with Crippen molar-refractivity contribution in [3.05, 3.63) is 29.8 Å². The number of carboxylic acids is 1. The van der Waals surface area contributed by atoms with Crippen LogP contribution >= 0.6 is 0 Å². The van der Waals surface area contributed by atoms with E-state index in [-0.39, 0.29) is 11.3 Å². The summed E-state index contributed by atoms with van der Waals surface area (Å²) in [6.45, 7) is 2.95. The maximum absolute atomic E-state index is 11.0. The van der Waals surface area contributed by atoms with Crippen LogP contribution in [0.5, 0.6) is 0 Å². The van der Waals surface area contributed by atoms with Crippen LogP contribution in [0.25, 0.3) is 0 Å². The van der Waals surface area contributed by atoms with Gasteiger partial charge in [-0.2, -0.15) is 0 Å². The number of Topliss-reactive ketones (excluding diaryl/α,β-unsaturated/α-hetero) is 1. The van der Waals surface area contributed by atoms with Gasteiger partial charge in [0.05, 0.1) is 17.0 Å². The van der Waals surface area contributed by atoms with Crippen molar-refractivity contribution in [3.8, 4) is 0 Å². The summed E-state index contributed by atoms with van der Waals surface area (Å²) in [5.74, 6) is -1.22. The molecular weight excluding hydrogens is 194 g/mol. The first-order valence-corrected chi connectivity index (χ1v) is 4.41. The highest BCUT2D eigenvalue weighted by molar-refractivity contribution is 6.38. The molecule has 0 aliphatic carbocycles. The smallest absolute Gasteiger partial charge is 0.337 e. The Morgan fingerprint density at radius 2 is 1.80 bits per heavy atom. The summed E-state index contributed by atoms with van der Waals surface area (Å²) in [6, 6.07) is 6.31. The van der Waals surface area contributed by atoms with Crippen molar-refractivity contribution in [1.29, 1.82) is 0 Å². The summed E-state index contributed by atoms with van der Waals surface area (Å²) in [5.41, 5.74) is 0.694. The highest BCUT2D eigenvalue weighted by atomic mass is 16.4. The lowest BCUT2D eigenvalue weighted by Crippen LogP contribution is -2.04. The molecule has 0 aliphatic rings. The topological polar surface area (TPSA) is 66.7 Å². The van der Waals surface area contributed by atoms with Crippen LogP contribution in [-0.4, -0.2) is 22.6 Å². The number of ketones is 1. The molecule has 0 radical (unpaired) electrons. The Kier molecular flexibility index (Phi) is 3.33. The summed E-state index contributed by atoms with van der Waals surface area (Å²) < 4.78 is 0. The third kappa shape index (κ3) is 2.74. The second-order valence-electron chi connectivity index (χ2n) is 3.08. The number of aromatic carboxylic acids is 1. The standard InChI is InChI=1S/C11H11NO3/c1-7(8(2)13)12-10-6-4-3-5-9(10)11(14)15/h3-6H,1-2H3,(H,14,15). The van der Waals surface area contributed by atoms with E-state index in [2.05, 4.69) is 4.99 Å².